The number of nitrogens with one attached hydrogen (secondary N) is 1. The van der Waals surface area contributed by atoms with Gasteiger partial charge in [0.2, 0.25) is 10.0 Å². The molecule has 1 fully saturated rings. The minimum absolute atomic E-state index is 0. The Balaban J connectivity index is 0.00000392. The van der Waals surface area contributed by atoms with Crippen molar-refractivity contribution in [2.75, 3.05) is 63.5 Å². The molecule has 0 radical (unpaired) electrons. The molecule has 0 spiro atoms. The summed E-state index contributed by atoms with van der Waals surface area (Å²) in [4.78, 5) is 9.40. The van der Waals surface area contributed by atoms with E-state index in [-0.39, 0.29) is 24.0 Å². The third-order valence-electron chi connectivity index (χ3n) is 4.68. The number of hydrogen-bond donors (Lipinski definition) is 1. The van der Waals surface area contributed by atoms with Crippen LogP contribution in [-0.4, -0.2) is 82.2 Å². The number of piperazine rings is 1. The molecule has 1 aliphatic rings. The molecule has 1 N–H and O–H groups in total. The number of rotatable bonds is 8. The molecule has 0 bridgehead atoms. The van der Waals surface area contributed by atoms with Gasteiger partial charge in [-0.15, -0.1) is 24.0 Å². The Bertz CT molecular complexity index is 692. The molecule has 0 aromatic heterocycles. The Hall–Kier alpha value is -1.07. The summed E-state index contributed by atoms with van der Waals surface area (Å²) in [6.45, 7) is 10.2. The summed E-state index contributed by atoms with van der Waals surface area (Å²) in [6, 6.07) is 10.5. The topological polar surface area (TPSA) is 68.2 Å². The number of hydrogen-bond acceptors (Lipinski definition) is 4. The first kappa shape index (κ1) is 25.0. The maximum atomic E-state index is 11.7. The average Bonchev–Trinajstić information content (AvgIpc) is 2.67. The van der Waals surface area contributed by atoms with E-state index in [9.17, 15) is 8.42 Å². The number of aliphatic imine (C=N–C) groups is 1. The molecule has 160 valence electrons. The van der Waals surface area contributed by atoms with Crippen molar-refractivity contribution in [3.05, 3.63) is 30.3 Å². The van der Waals surface area contributed by atoms with Crippen molar-refractivity contribution in [1.29, 1.82) is 0 Å². The van der Waals surface area contributed by atoms with Gasteiger partial charge in [-0.1, -0.05) is 25.1 Å². The molecule has 0 unspecified atom stereocenters. The predicted molar refractivity (Wildman–Crippen MR) is 128 cm³/mol. The van der Waals surface area contributed by atoms with E-state index in [0.29, 0.717) is 19.6 Å². The lowest BCUT2D eigenvalue weighted by atomic mass is 10.2. The highest BCUT2D eigenvalue weighted by Crippen LogP contribution is 2.15. The van der Waals surface area contributed by atoms with Crippen LogP contribution < -0.4 is 10.2 Å². The molecule has 0 amide bonds. The summed E-state index contributed by atoms with van der Waals surface area (Å²) in [5, 5.41) is 3.36. The molecule has 28 heavy (non-hydrogen) atoms. The van der Waals surface area contributed by atoms with E-state index in [1.165, 1.54) is 16.2 Å². The van der Waals surface area contributed by atoms with Crippen molar-refractivity contribution >= 4 is 45.6 Å². The number of guanidine groups is 1. The summed E-state index contributed by atoms with van der Waals surface area (Å²) in [7, 11) is -3.13. The van der Waals surface area contributed by atoms with E-state index >= 15 is 0 Å². The average molecular weight is 523 g/mol. The third kappa shape index (κ3) is 7.75. The molecule has 1 aromatic carbocycles. The quantitative estimate of drug-likeness (QED) is 0.245. The summed E-state index contributed by atoms with van der Waals surface area (Å²) in [6.07, 6.45) is 1.98. The number of anilines is 1. The van der Waals surface area contributed by atoms with Crippen molar-refractivity contribution in [3.8, 4) is 0 Å². The van der Waals surface area contributed by atoms with Gasteiger partial charge in [0.1, 0.15) is 0 Å². The third-order valence-corrected chi connectivity index (χ3v) is 6.06. The second kappa shape index (κ2) is 12.5. The molecule has 1 aliphatic heterocycles. The molecule has 7 nitrogen and oxygen atoms in total. The Morgan fingerprint density at radius 3 is 2.32 bits per heavy atom. The normalized spacial score (nSPS) is 15.5. The molecule has 0 aliphatic carbocycles. The molecule has 0 atom stereocenters. The SMILES string of the molecule is CCNC(=NCCCN(CC)S(C)(=O)=O)N1CCN(c2ccccc2)CC1.I. The lowest BCUT2D eigenvalue weighted by molar-refractivity contribution is 0.371. The first-order chi connectivity index (χ1) is 13.0. The number of para-hydroxylation sites is 1. The first-order valence-corrected chi connectivity index (χ1v) is 11.6. The monoisotopic (exact) mass is 523 g/mol. The van der Waals surface area contributed by atoms with Crippen LogP contribution in [0.1, 0.15) is 20.3 Å². The highest BCUT2D eigenvalue weighted by atomic mass is 127. The summed E-state index contributed by atoms with van der Waals surface area (Å²) in [5.74, 6) is 0.924. The maximum absolute atomic E-state index is 11.7. The fourth-order valence-electron chi connectivity index (χ4n) is 3.23. The molecule has 2 rings (SSSR count). The van der Waals surface area contributed by atoms with Crippen LogP contribution in [0.4, 0.5) is 5.69 Å². The minimum atomic E-state index is -3.13. The standard InChI is InChI=1S/C19H33N5O2S.HI/c1-4-20-19(21-12-9-13-24(5-2)27(3,25)26)23-16-14-22(15-17-23)18-10-7-6-8-11-18;/h6-8,10-11H,4-5,9,12-17H2,1-3H3,(H,20,21);1H. The van der Waals surface area contributed by atoms with Crippen LogP contribution in [0, 0.1) is 0 Å². The Labute approximate surface area is 187 Å². The van der Waals surface area contributed by atoms with Crippen LogP contribution in [-0.2, 0) is 10.0 Å². The van der Waals surface area contributed by atoms with Crippen molar-refractivity contribution in [2.24, 2.45) is 4.99 Å². The van der Waals surface area contributed by atoms with Crippen LogP contribution in [0.2, 0.25) is 0 Å². The summed E-state index contributed by atoms with van der Waals surface area (Å²) < 4.78 is 24.8. The van der Waals surface area contributed by atoms with Crippen molar-refractivity contribution in [2.45, 2.75) is 20.3 Å². The highest BCUT2D eigenvalue weighted by Gasteiger charge is 2.19. The van der Waals surface area contributed by atoms with Gasteiger partial charge in [0.25, 0.3) is 0 Å². The van der Waals surface area contributed by atoms with E-state index < -0.39 is 10.0 Å². The van der Waals surface area contributed by atoms with Gasteiger partial charge in [-0.3, -0.25) is 4.99 Å². The zero-order chi connectivity index (χ0) is 19.7. The fourth-order valence-corrected chi connectivity index (χ4v) is 4.16. The Kier molecular flexibility index (Phi) is 11.1. The van der Waals surface area contributed by atoms with E-state index in [4.69, 9.17) is 4.99 Å². The number of sulfonamides is 1. The zero-order valence-electron chi connectivity index (χ0n) is 17.2. The maximum Gasteiger partial charge on any atom is 0.211 e. The van der Waals surface area contributed by atoms with E-state index in [1.54, 1.807) is 0 Å². The van der Waals surface area contributed by atoms with Crippen LogP contribution >= 0.6 is 24.0 Å². The number of halogens is 1. The molecule has 1 saturated heterocycles. The Morgan fingerprint density at radius 1 is 1.14 bits per heavy atom. The molecule has 1 heterocycles. The second-order valence-electron chi connectivity index (χ2n) is 6.65. The van der Waals surface area contributed by atoms with Gasteiger partial charge in [-0.05, 0) is 25.5 Å². The van der Waals surface area contributed by atoms with Gasteiger partial charge in [0.05, 0.1) is 6.26 Å². The van der Waals surface area contributed by atoms with Crippen molar-refractivity contribution in [3.63, 3.8) is 0 Å². The van der Waals surface area contributed by atoms with Gasteiger partial charge in [-0.2, -0.15) is 0 Å². The van der Waals surface area contributed by atoms with E-state index in [2.05, 4.69) is 46.3 Å². The van der Waals surface area contributed by atoms with Gasteiger partial charge in [0, 0.05) is 58.0 Å². The van der Waals surface area contributed by atoms with E-state index in [0.717, 1.165) is 45.1 Å². The molecule has 1 aromatic rings. The first-order valence-electron chi connectivity index (χ1n) is 9.74. The van der Waals surface area contributed by atoms with Crippen LogP contribution in [0.5, 0.6) is 0 Å². The lowest BCUT2D eigenvalue weighted by Gasteiger charge is -2.37. The van der Waals surface area contributed by atoms with Gasteiger partial charge in [-0.25, -0.2) is 12.7 Å². The van der Waals surface area contributed by atoms with Crippen LogP contribution in [0.25, 0.3) is 0 Å². The van der Waals surface area contributed by atoms with Gasteiger partial charge >= 0.3 is 0 Å². The zero-order valence-corrected chi connectivity index (χ0v) is 20.3. The molecular formula is C19H34IN5O2S. The lowest BCUT2D eigenvalue weighted by Crippen LogP contribution is -2.52. The highest BCUT2D eigenvalue weighted by molar-refractivity contribution is 14.0. The van der Waals surface area contributed by atoms with Crippen LogP contribution in [0.3, 0.4) is 0 Å². The van der Waals surface area contributed by atoms with Crippen LogP contribution in [0.15, 0.2) is 35.3 Å². The molecule has 9 heteroatoms. The Morgan fingerprint density at radius 2 is 1.79 bits per heavy atom. The summed E-state index contributed by atoms with van der Waals surface area (Å²) >= 11 is 0. The van der Waals surface area contributed by atoms with E-state index in [1.807, 2.05) is 13.0 Å². The number of benzene rings is 1. The van der Waals surface area contributed by atoms with Crippen molar-refractivity contribution < 1.29 is 8.42 Å². The molecule has 0 saturated carbocycles. The van der Waals surface area contributed by atoms with Gasteiger partial charge < -0.3 is 15.1 Å². The fraction of sp³-hybridized carbons (Fsp3) is 0.632. The largest absolute Gasteiger partial charge is 0.368 e. The second-order valence-corrected chi connectivity index (χ2v) is 8.64. The number of nitrogens with zero attached hydrogens (tertiary/aromatic N) is 4. The van der Waals surface area contributed by atoms with Crippen molar-refractivity contribution in [1.82, 2.24) is 14.5 Å². The minimum Gasteiger partial charge on any atom is -0.368 e. The van der Waals surface area contributed by atoms with Gasteiger partial charge in [0.15, 0.2) is 5.96 Å². The smallest absolute Gasteiger partial charge is 0.211 e. The predicted octanol–water partition coefficient (Wildman–Crippen LogP) is 2.06. The summed E-state index contributed by atoms with van der Waals surface area (Å²) in [5.41, 5.74) is 1.26. The molecular weight excluding hydrogens is 489 g/mol.